The van der Waals surface area contributed by atoms with E-state index in [0.717, 1.165) is 6.07 Å². The smallest absolute Gasteiger partial charge is 0.256 e. The van der Waals surface area contributed by atoms with Crippen molar-refractivity contribution >= 4 is 44.1 Å². The van der Waals surface area contributed by atoms with Gasteiger partial charge in [0.05, 0.1) is 10.5 Å². The van der Waals surface area contributed by atoms with Crippen LogP contribution < -0.4 is 16.2 Å². The van der Waals surface area contributed by atoms with E-state index in [4.69, 9.17) is 0 Å². The lowest BCUT2D eigenvalue weighted by molar-refractivity contribution is -0.115. The molecule has 0 bridgehead atoms. The molecule has 174 valence electrons. The van der Waals surface area contributed by atoms with Gasteiger partial charge >= 0.3 is 0 Å². The van der Waals surface area contributed by atoms with Gasteiger partial charge in [-0.2, -0.15) is 4.31 Å². The molecule has 9 nitrogen and oxygen atoms in total. The van der Waals surface area contributed by atoms with Crippen molar-refractivity contribution in [2.45, 2.75) is 32.1 Å². The van der Waals surface area contributed by atoms with Crippen LogP contribution in [0.15, 0.2) is 58.2 Å². The molecule has 2 aromatic carbocycles. The van der Waals surface area contributed by atoms with E-state index in [1.54, 1.807) is 45.0 Å². The molecule has 2 amide bonds. The molecule has 3 aromatic rings. The van der Waals surface area contributed by atoms with Gasteiger partial charge in [0.1, 0.15) is 0 Å². The first-order valence-corrected chi connectivity index (χ1v) is 12.0. The predicted octanol–water partition coefficient (Wildman–Crippen LogP) is 3.16. The summed E-state index contributed by atoms with van der Waals surface area (Å²) in [5.41, 5.74) is 0.963. The van der Waals surface area contributed by atoms with Gasteiger partial charge in [0.2, 0.25) is 21.5 Å². The van der Waals surface area contributed by atoms with Crippen LogP contribution in [0.25, 0.3) is 10.9 Å². The lowest BCUT2D eigenvalue weighted by Gasteiger charge is -2.19. The predicted molar refractivity (Wildman–Crippen MR) is 128 cm³/mol. The second-order valence-corrected chi connectivity index (χ2v) is 9.22. The van der Waals surface area contributed by atoms with Crippen molar-refractivity contribution < 1.29 is 18.0 Å². The van der Waals surface area contributed by atoms with Crippen molar-refractivity contribution in [1.82, 2.24) is 9.29 Å². The third-order valence-corrected chi connectivity index (χ3v) is 7.20. The zero-order valence-electron chi connectivity index (χ0n) is 18.6. The number of hydrogen-bond donors (Lipinski definition) is 3. The van der Waals surface area contributed by atoms with Gasteiger partial charge in [-0.3, -0.25) is 14.4 Å². The summed E-state index contributed by atoms with van der Waals surface area (Å²) in [5.74, 6) is -0.689. The van der Waals surface area contributed by atoms with E-state index in [1.165, 1.54) is 22.5 Å². The molecular formula is C23H26N4O5S. The van der Waals surface area contributed by atoms with Gasteiger partial charge in [0, 0.05) is 47.9 Å². The first-order valence-electron chi connectivity index (χ1n) is 10.6. The Morgan fingerprint density at radius 2 is 1.52 bits per heavy atom. The number of pyridine rings is 1. The Hall–Kier alpha value is -3.50. The van der Waals surface area contributed by atoms with E-state index in [-0.39, 0.29) is 16.4 Å². The summed E-state index contributed by atoms with van der Waals surface area (Å²) in [6.45, 7) is 5.86. The van der Waals surface area contributed by atoms with E-state index >= 15 is 0 Å². The van der Waals surface area contributed by atoms with Crippen LogP contribution in [-0.4, -0.2) is 42.6 Å². The standard InChI is InChI=1S/C23H26N4O5S/c1-4-21(28)24-15-7-9-16(10-8-15)25-23(30)19-14-22(29)26-20-12-11-17(13-18(19)20)33(31,32)27(5-2)6-3/h7-14H,4-6H2,1-3H3,(H,24,28)(H,25,30)(H,26,29). The minimum Gasteiger partial charge on any atom is -0.326 e. The number of nitrogens with one attached hydrogen (secondary N) is 3. The minimum atomic E-state index is -3.75. The van der Waals surface area contributed by atoms with Crippen LogP contribution in [0.2, 0.25) is 0 Å². The summed E-state index contributed by atoms with van der Waals surface area (Å²) in [7, 11) is -3.75. The van der Waals surface area contributed by atoms with Crippen LogP contribution in [0, 0.1) is 0 Å². The fourth-order valence-electron chi connectivity index (χ4n) is 3.38. The van der Waals surface area contributed by atoms with Gasteiger partial charge in [-0.1, -0.05) is 20.8 Å². The number of aromatic nitrogens is 1. The number of rotatable bonds is 8. The van der Waals surface area contributed by atoms with Crippen molar-refractivity contribution in [2.75, 3.05) is 23.7 Å². The molecule has 0 aliphatic heterocycles. The molecule has 0 radical (unpaired) electrons. The Balaban J connectivity index is 1.97. The fourth-order valence-corrected chi connectivity index (χ4v) is 4.86. The molecule has 0 unspecified atom stereocenters. The van der Waals surface area contributed by atoms with Crippen LogP contribution in [-0.2, 0) is 14.8 Å². The molecule has 0 saturated carbocycles. The van der Waals surface area contributed by atoms with Crippen molar-refractivity contribution in [2.24, 2.45) is 0 Å². The molecule has 0 aliphatic rings. The number of carbonyl (C=O) groups excluding carboxylic acids is 2. The highest BCUT2D eigenvalue weighted by Crippen LogP contribution is 2.24. The van der Waals surface area contributed by atoms with Gasteiger partial charge < -0.3 is 15.6 Å². The van der Waals surface area contributed by atoms with E-state index in [2.05, 4.69) is 15.6 Å². The lowest BCUT2D eigenvalue weighted by Crippen LogP contribution is -2.30. The number of benzene rings is 2. The molecule has 3 rings (SSSR count). The Bertz CT molecular complexity index is 1340. The minimum absolute atomic E-state index is 0.0378. The van der Waals surface area contributed by atoms with E-state index < -0.39 is 21.5 Å². The second kappa shape index (κ2) is 9.97. The molecule has 0 saturated heterocycles. The number of hydrogen-bond acceptors (Lipinski definition) is 5. The van der Waals surface area contributed by atoms with Gasteiger partial charge in [-0.05, 0) is 42.5 Å². The molecule has 3 N–H and O–H groups in total. The Morgan fingerprint density at radius 3 is 2.09 bits per heavy atom. The number of sulfonamides is 1. The molecule has 0 atom stereocenters. The Labute approximate surface area is 191 Å². The zero-order chi connectivity index (χ0) is 24.2. The molecule has 33 heavy (non-hydrogen) atoms. The normalized spacial score (nSPS) is 11.5. The Morgan fingerprint density at radius 1 is 0.909 bits per heavy atom. The summed E-state index contributed by atoms with van der Waals surface area (Å²) in [5, 5.41) is 5.74. The van der Waals surface area contributed by atoms with E-state index in [9.17, 15) is 22.8 Å². The van der Waals surface area contributed by atoms with Crippen molar-refractivity contribution in [3.8, 4) is 0 Å². The molecule has 1 heterocycles. The third kappa shape index (κ3) is 5.29. The first-order chi connectivity index (χ1) is 15.7. The van der Waals surface area contributed by atoms with Crippen molar-refractivity contribution in [3.63, 3.8) is 0 Å². The van der Waals surface area contributed by atoms with Crippen LogP contribution in [0.1, 0.15) is 37.6 Å². The molecule has 10 heteroatoms. The molecule has 0 aliphatic carbocycles. The number of anilines is 2. The Kier molecular flexibility index (Phi) is 7.29. The van der Waals surface area contributed by atoms with Gasteiger partial charge in [0.25, 0.3) is 5.91 Å². The second-order valence-electron chi connectivity index (χ2n) is 7.28. The molecule has 1 aromatic heterocycles. The summed E-state index contributed by atoms with van der Waals surface area (Å²) in [4.78, 5) is 39.3. The average Bonchev–Trinajstić information content (AvgIpc) is 2.79. The van der Waals surface area contributed by atoms with Crippen molar-refractivity contribution in [1.29, 1.82) is 0 Å². The topological polar surface area (TPSA) is 128 Å². The van der Waals surface area contributed by atoms with E-state index in [0.29, 0.717) is 41.8 Å². The van der Waals surface area contributed by atoms with Crippen LogP contribution in [0.5, 0.6) is 0 Å². The van der Waals surface area contributed by atoms with Gasteiger partial charge in [-0.25, -0.2) is 8.42 Å². The van der Waals surface area contributed by atoms with Crippen molar-refractivity contribution in [3.05, 3.63) is 64.4 Å². The third-order valence-electron chi connectivity index (χ3n) is 5.15. The van der Waals surface area contributed by atoms with Crippen LogP contribution >= 0.6 is 0 Å². The quantitative estimate of drug-likeness (QED) is 0.466. The van der Waals surface area contributed by atoms with Gasteiger partial charge in [-0.15, -0.1) is 0 Å². The lowest BCUT2D eigenvalue weighted by atomic mass is 10.1. The highest BCUT2D eigenvalue weighted by molar-refractivity contribution is 7.89. The number of nitrogens with zero attached hydrogens (tertiary/aromatic N) is 1. The molecular weight excluding hydrogens is 444 g/mol. The first kappa shape index (κ1) is 24.1. The highest BCUT2D eigenvalue weighted by atomic mass is 32.2. The summed E-state index contributed by atoms with van der Waals surface area (Å²) in [6.07, 6.45) is 0.347. The monoisotopic (exact) mass is 470 g/mol. The zero-order valence-corrected chi connectivity index (χ0v) is 19.5. The van der Waals surface area contributed by atoms with Crippen LogP contribution in [0.3, 0.4) is 0 Å². The number of amides is 2. The maximum Gasteiger partial charge on any atom is 0.256 e. The molecule has 0 fully saturated rings. The fraction of sp³-hybridized carbons (Fsp3) is 0.261. The van der Waals surface area contributed by atoms with E-state index in [1.807, 2.05) is 0 Å². The van der Waals surface area contributed by atoms with Gasteiger partial charge in [0.15, 0.2) is 0 Å². The van der Waals surface area contributed by atoms with Crippen LogP contribution in [0.4, 0.5) is 11.4 Å². The average molecular weight is 471 g/mol. The summed E-state index contributed by atoms with van der Waals surface area (Å²) < 4.78 is 27.2. The number of fused-ring (bicyclic) bond motifs is 1. The maximum atomic E-state index is 13.0. The number of carbonyl (C=O) groups is 2. The molecule has 0 spiro atoms. The summed E-state index contributed by atoms with van der Waals surface area (Å²) >= 11 is 0. The highest BCUT2D eigenvalue weighted by Gasteiger charge is 2.23. The largest absolute Gasteiger partial charge is 0.326 e. The summed E-state index contributed by atoms with van der Waals surface area (Å²) in [6, 6.07) is 12.0. The SMILES string of the molecule is CCC(=O)Nc1ccc(NC(=O)c2cc(=O)[nH]c3ccc(S(=O)(=O)N(CC)CC)cc23)cc1. The maximum absolute atomic E-state index is 13.0. The number of H-pyrrole nitrogens is 1. The number of aromatic amines is 1.